The zero-order valence-corrected chi connectivity index (χ0v) is 48.9. The standard InChI is InChI=1S/2C21H30O5.C20H28O5/c1-12(2)7-8-15-18(23)17(16(22)11-14(5)6)20(25)21(26,19(15)24)10-9-13(3)4;1-7-14(6)17(22)16-18(23)15(9-8-12(2)3)19(24)21(26,20(16)25)11-10-13(4)5;1-11(2)7-8-14-17(22)15(16(21)13(5)6)19(24)20(25,18(14)23)10-9-12(3)4/h7,9,14,23-24,26H,8,10-11H2,1-6H3;8,10,14-15,25-26H,7,9,11H2,1-6H3;7,9,13,22-23,25H,8,10H2,1-6H3/t21-;;/m1../s1. The molecule has 426 valence electrons. The third-order valence-corrected chi connectivity index (χ3v) is 13.1. The highest BCUT2D eigenvalue weighted by molar-refractivity contribution is 6.30. The van der Waals surface area contributed by atoms with Crippen molar-refractivity contribution in [1.29, 1.82) is 0 Å². The molecule has 0 amide bonds. The summed E-state index contributed by atoms with van der Waals surface area (Å²) < 4.78 is 0. The molecule has 0 aromatic heterocycles. The predicted octanol–water partition coefficient (Wildman–Crippen LogP) is 11.7. The van der Waals surface area contributed by atoms with Crippen LogP contribution >= 0.6 is 0 Å². The molecule has 0 aliphatic heterocycles. The number of hydrogen-bond acceptors (Lipinski definition) is 15. The lowest BCUT2D eigenvalue weighted by Crippen LogP contribution is -2.52. The van der Waals surface area contributed by atoms with Gasteiger partial charge in [-0.1, -0.05) is 111 Å². The third-order valence-electron chi connectivity index (χ3n) is 13.1. The molecule has 0 spiro atoms. The number of carbonyl (C=O) groups excluding carboxylic acids is 7. The van der Waals surface area contributed by atoms with Crippen molar-refractivity contribution in [3.63, 3.8) is 0 Å². The Morgan fingerprint density at radius 1 is 0.494 bits per heavy atom. The molecule has 3 aliphatic carbocycles. The zero-order chi connectivity index (χ0) is 60.0. The first-order chi connectivity index (χ1) is 35.3. The van der Waals surface area contributed by atoms with Crippen LogP contribution in [-0.2, 0) is 33.6 Å². The van der Waals surface area contributed by atoms with E-state index in [0.29, 0.717) is 6.42 Å². The number of allylic oxidation sites excluding steroid dienone is 12. The largest absolute Gasteiger partial charge is 0.508 e. The number of ketones is 7. The molecule has 0 radical (unpaired) electrons. The number of hydrogen-bond donors (Lipinski definition) is 8. The van der Waals surface area contributed by atoms with Crippen LogP contribution in [0.4, 0.5) is 0 Å². The molecule has 5 atom stereocenters. The van der Waals surface area contributed by atoms with Crippen LogP contribution in [0.2, 0.25) is 0 Å². The fraction of sp³-hybridized carbons (Fsp3) is 0.532. The molecular weight excluding hydrogens is 985 g/mol. The van der Waals surface area contributed by atoms with E-state index in [0.717, 1.165) is 33.4 Å². The van der Waals surface area contributed by atoms with Gasteiger partial charge >= 0.3 is 0 Å². The molecule has 77 heavy (non-hydrogen) atoms. The van der Waals surface area contributed by atoms with Gasteiger partial charge in [0.05, 0.1) is 5.92 Å². The van der Waals surface area contributed by atoms with E-state index in [1.165, 1.54) is 0 Å². The second-order valence-electron chi connectivity index (χ2n) is 22.5. The average Bonchev–Trinajstić information content (AvgIpc) is 3.32. The minimum absolute atomic E-state index is 0.00876. The van der Waals surface area contributed by atoms with Gasteiger partial charge in [-0.2, -0.15) is 0 Å². The highest BCUT2D eigenvalue weighted by atomic mass is 16.4. The summed E-state index contributed by atoms with van der Waals surface area (Å²) in [7, 11) is 0. The molecule has 0 saturated heterocycles. The summed E-state index contributed by atoms with van der Waals surface area (Å²) in [5, 5.41) is 85.5. The molecule has 4 unspecified atom stereocenters. The molecule has 0 bridgehead atoms. The van der Waals surface area contributed by atoms with Crippen molar-refractivity contribution in [2.45, 2.75) is 193 Å². The van der Waals surface area contributed by atoms with Crippen molar-refractivity contribution in [2.75, 3.05) is 0 Å². The van der Waals surface area contributed by atoms with Crippen molar-refractivity contribution < 1.29 is 74.4 Å². The van der Waals surface area contributed by atoms with Gasteiger partial charge < -0.3 is 40.9 Å². The first kappa shape index (κ1) is 68.7. The molecule has 3 aliphatic rings. The number of carbonyl (C=O) groups is 7. The lowest BCUT2D eigenvalue weighted by atomic mass is 9.70. The second-order valence-corrected chi connectivity index (χ2v) is 22.5. The van der Waals surface area contributed by atoms with Gasteiger partial charge in [-0.25, -0.2) is 0 Å². The van der Waals surface area contributed by atoms with Crippen molar-refractivity contribution in [1.82, 2.24) is 0 Å². The molecule has 0 fully saturated rings. The molecule has 8 N–H and O–H groups in total. The van der Waals surface area contributed by atoms with Gasteiger partial charge in [-0.15, -0.1) is 0 Å². The van der Waals surface area contributed by atoms with Gasteiger partial charge in [0.1, 0.15) is 45.5 Å². The Balaban J connectivity index is 0.000000578. The molecule has 3 rings (SSSR count). The Labute approximate surface area is 456 Å². The number of rotatable bonds is 20. The van der Waals surface area contributed by atoms with Crippen molar-refractivity contribution in [3.05, 3.63) is 127 Å². The van der Waals surface area contributed by atoms with Crippen molar-refractivity contribution >= 4 is 40.5 Å². The van der Waals surface area contributed by atoms with E-state index >= 15 is 0 Å². The van der Waals surface area contributed by atoms with Crippen LogP contribution in [0.25, 0.3) is 0 Å². The molecule has 0 aromatic rings. The topological polar surface area (TPSA) is 281 Å². The molecule has 15 heteroatoms. The SMILES string of the molecule is CC(C)=CCC1=C(O)C(O)(CC=C(C)C)C(=O)C(C(=O)C(C)C)=C1O.CC(C)=CCC1=C(O)[C@](O)(CC=C(C)C)C(=O)C(C(=O)CC(C)C)=C1O.CCC(C)C(=O)C1=C(O)C(O)(CC=C(C)C)C(=O)C(CC=C(C)C)C1=O. The Bertz CT molecular complexity index is 2670. The smallest absolute Gasteiger partial charge is 0.209 e. The molecule has 15 nitrogen and oxygen atoms in total. The van der Waals surface area contributed by atoms with E-state index in [4.69, 9.17) is 0 Å². The maximum Gasteiger partial charge on any atom is 0.209 e. The highest BCUT2D eigenvalue weighted by Crippen LogP contribution is 2.41. The summed E-state index contributed by atoms with van der Waals surface area (Å²) >= 11 is 0. The minimum Gasteiger partial charge on any atom is -0.508 e. The maximum atomic E-state index is 12.9. The van der Waals surface area contributed by atoms with Crippen LogP contribution in [0.3, 0.4) is 0 Å². The van der Waals surface area contributed by atoms with E-state index in [2.05, 4.69) is 0 Å². The Morgan fingerprint density at radius 3 is 1.21 bits per heavy atom. The van der Waals surface area contributed by atoms with Crippen molar-refractivity contribution in [2.24, 2.45) is 23.7 Å². The first-order valence-electron chi connectivity index (χ1n) is 26.2. The summed E-state index contributed by atoms with van der Waals surface area (Å²) in [5.74, 6) is -10.2. The van der Waals surface area contributed by atoms with Gasteiger partial charge in [0.25, 0.3) is 0 Å². The van der Waals surface area contributed by atoms with E-state index in [9.17, 15) is 74.4 Å². The molecule has 0 heterocycles. The van der Waals surface area contributed by atoms with Gasteiger partial charge in [0, 0.05) is 48.7 Å². The Hall–Kier alpha value is -6.29. The monoisotopic (exact) mass is 1070 g/mol. The highest BCUT2D eigenvalue weighted by Gasteiger charge is 2.54. The van der Waals surface area contributed by atoms with Gasteiger partial charge in [0.15, 0.2) is 45.7 Å². The zero-order valence-electron chi connectivity index (χ0n) is 48.9. The van der Waals surface area contributed by atoms with E-state index in [-0.39, 0.29) is 62.0 Å². The lowest BCUT2D eigenvalue weighted by Gasteiger charge is -2.34. The van der Waals surface area contributed by atoms with Crippen molar-refractivity contribution in [3.8, 4) is 0 Å². The molecular formula is C62H88O15. The third kappa shape index (κ3) is 17.1. The van der Waals surface area contributed by atoms with E-state index < -0.39 is 121 Å². The molecule has 0 saturated carbocycles. The Morgan fingerprint density at radius 2 is 0.857 bits per heavy atom. The van der Waals surface area contributed by atoms with Gasteiger partial charge in [-0.3, -0.25) is 33.6 Å². The first-order valence-corrected chi connectivity index (χ1v) is 26.2. The molecule has 0 aromatic carbocycles. The van der Waals surface area contributed by atoms with Crippen LogP contribution in [0.15, 0.2) is 127 Å². The minimum atomic E-state index is -2.25. The fourth-order valence-electron chi connectivity index (χ4n) is 8.01. The number of aliphatic hydroxyl groups is 8. The normalized spacial score (nSPS) is 21.9. The van der Waals surface area contributed by atoms with Crippen LogP contribution in [-0.4, -0.2) is 98.1 Å². The van der Waals surface area contributed by atoms with E-state index in [1.807, 2.05) is 55.4 Å². The lowest BCUT2D eigenvalue weighted by molar-refractivity contribution is -0.147. The Kier molecular flexibility index (Phi) is 25.8. The van der Waals surface area contributed by atoms with Gasteiger partial charge in [0.2, 0.25) is 11.6 Å². The van der Waals surface area contributed by atoms with Crippen LogP contribution in [0.5, 0.6) is 0 Å². The number of Topliss-reactive ketones (excluding diaryl/α,β-unsaturated/α-hetero) is 7. The van der Waals surface area contributed by atoms with E-state index in [1.54, 1.807) is 106 Å². The summed E-state index contributed by atoms with van der Waals surface area (Å²) in [5.41, 5.74) is -2.60. The average molecular weight is 1070 g/mol. The van der Waals surface area contributed by atoms with Crippen LogP contribution in [0, 0.1) is 23.7 Å². The summed E-state index contributed by atoms with van der Waals surface area (Å²) in [6.07, 6.45) is 10.5. The van der Waals surface area contributed by atoms with Gasteiger partial charge in [-0.05, 0) is 115 Å². The number of aliphatic hydroxyl groups excluding tert-OH is 5. The van der Waals surface area contributed by atoms with Crippen LogP contribution in [0.1, 0.15) is 176 Å². The fourth-order valence-corrected chi connectivity index (χ4v) is 8.01. The maximum absolute atomic E-state index is 12.9. The summed E-state index contributed by atoms with van der Waals surface area (Å²) in [6, 6.07) is 0. The summed E-state index contributed by atoms with van der Waals surface area (Å²) in [6.45, 7) is 32.2. The quantitative estimate of drug-likeness (QED) is 0.0320. The summed E-state index contributed by atoms with van der Waals surface area (Å²) in [4.78, 5) is 89.0. The predicted molar refractivity (Wildman–Crippen MR) is 300 cm³/mol. The second kappa shape index (κ2) is 28.9. The van der Waals surface area contributed by atoms with Crippen LogP contribution < -0.4 is 0 Å².